The van der Waals surface area contributed by atoms with Crippen LogP contribution in [0.3, 0.4) is 0 Å². The van der Waals surface area contributed by atoms with Crippen molar-refractivity contribution in [2.75, 3.05) is 13.2 Å². The van der Waals surface area contributed by atoms with Gasteiger partial charge < -0.3 is 18.3 Å². The molecule has 1 heterocycles. The van der Waals surface area contributed by atoms with Crippen molar-refractivity contribution in [2.45, 2.75) is 102 Å². The number of hydrogen-bond acceptors (Lipinski definition) is 5. The first kappa shape index (κ1) is 26.4. The van der Waals surface area contributed by atoms with Crippen LogP contribution in [0.1, 0.15) is 41.5 Å². The second-order valence-corrected chi connectivity index (χ2v) is 20.3. The van der Waals surface area contributed by atoms with Gasteiger partial charge in [0.15, 0.2) is 22.9 Å². The molecular formula is C20H41N3O4Si2. The van der Waals surface area contributed by atoms with Gasteiger partial charge in [0.25, 0.3) is 0 Å². The van der Waals surface area contributed by atoms with E-state index in [0.717, 1.165) is 0 Å². The zero-order valence-electron chi connectivity index (χ0n) is 20.0. The lowest BCUT2D eigenvalue weighted by molar-refractivity contribution is -0.236. The van der Waals surface area contributed by atoms with Crippen molar-refractivity contribution in [3.63, 3.8) is 0 Å². The second-order valence-electron chi connectivity index (χ2n) is 10.8. The molecule has 0 aromatic heterocycles. The predicted octanol–water partition coefficient (Wildman–Crippen LogP) is 6.01. The Balaban J connectivity index is 3.38. The Labute approximate surface area is 179 Å². The highest BCUT2D eigenvalue weighted by Crippen LogP contribution is 2.42. The van der Waals surface area contributed by atoms with E-state index in [4.69, 9.17) is 23.9 Å². The van der Waals surface area contributed by atoms with Crippen LogP contribution in [-0.4, -0.2) is 54.4 Å². The number of nitrogens with zero attached hydrogens (tertiary/aromatic N) is 3. The summed E-state index contributed by atoms with van der Waals surface area (Å²) in [6.07, 6.45) is 0.191. The molecule has 0 saturated carbocycles. The second kappa shape index (κ2) is 9.64. The lowest BCUT2D eigenvalue weighted by atomic mass is 10.0. The van der Waals surface area contributed by atoms with Crippen molar-refractivity contribution in [1.82, 2.24) is 0 Å². The fourth-order valence-corrected chi connectivity index (χ4v) is 5.13. The number of rotatable bonds is 8. The predicted molar refractivity (Wildman–Crippen MR) is 123 cm³/mol. The van der Waals surface area contributed by atoms with Gasteiger partial charge in [-0.15, -0.1) is 6.58 Å². The molecule has 0 aliphatic carbocycles. The van der Waals surface area contributed by atoms with Crippen LogP contribution in [0.5, 0.6) is 0 Å². The Kier molecular flexibility index (Phi) is 8.76. The maximum atomic E-state index is 9.13. The third-order valence-electron chi connectivity index (χ3n) is 6.45. The van der Waals surface area contributed by atoms with Crippen molar-refractivity contribution >= 4 is 16.6 Å². The summed E-state index contributed by atoms with van der Waals surface area (Å²) in [5.74, 6) is 0. The Morgan fingerprint density at radius 3 is 1.93 bits per heavy atom. The number of hydrogen-bond donors (Lipinski definition) is 0. The van der Waals surface area contributed by atoms with E-state index in [2.05, 4.69) is 84.3 Å². The quantitative estimate of drug-likeness (QED) is 0.151. The van der Waals surface area contributed by atoms with E-state index in [-0.39, 0.29) is 16.7 Å². The van der Waals surface area contributed by atoms with E-state index in [1.54, 1.807) is 6.08 Å². The number of azide groups is 1. The van der Waals surface area contributed by atoms with Crippen molar-refractivity contribution in [3.8, 4) is 0 Å². The zero-order valence-corrected chi connectivity index (χ0v) is 22.0. The maximum absolute atomic E-state index is 9.13. The molecule has 0 aromatic carbocycles. The largest absolute Gasteiger partial charge is 0.411 e. The molecule has 0 spiro atoms. The molecule has 0 amide bonds. The molecule has 7 nitrogen and oxygen atoms in total. The lowest BCUT2D eigenvalue weighted by Crippen LogP contribution is -2.62. The van der Waals surface area contributed by atoms with Gasteiger partial charge in [-0.3, -0.25) is 0 Å². The Hall–Kier alpha value is -0.676. The monoisotopic (exact) mass is 443 g/mol. The molecule has 1 fully saturated rings. The molecule has 0 aromatic rings. The van der Waals surface area contributed by atoms with E-state index < -0.39 is 41.2 Å². The first-order valence-corrected chi connectivity index (χ1v) is 16.1. The van der Waals surface area contributed by atoms with Crippen LogP contribution in [0.25, 0.3) is 10.4 Å². The topological polar surface area (TPSA) is 85.7 Å². The van der Waals surface area contributed by atoms with Gasteiger partial charge in [0.05, 0.1) is 25.4 Å². The molecule has 1 saturated heterocycles. The highest BCUT2D eigenvalue weighted by molar-refractivity contribution is 6.74. The summed E-state index contributed by atoms with van der Waals surface area (Å²) >= 11 is 0. The molecule has 1 rings (SSSR count). The van der Waals surface area contributed by atoms with Gasteiger partial charge >= 0.3 is 0 Å². The molecule has 1 aliphatic heterocycles. The van der Waals surface area contributed by atoms with Gasteiger partial charge in [0, 0.05) is 4.91 Å². The van der Waals surface area contributed by atoms with Crippen LogP contribution < -0.4 is 0 Å². The molecule has 168 valence electrons. The minimum absolute atomic E-state index is 0.00293. The van der Waals surface area contributed by atoms with Gasteiger partial charge in [-0.25, -0.2) is 0 Å². The molecule has 9 heteroatoms. The van der Waals surface area contributed by atoms with Crippen LogP contribution in [-0.2, 0) is 18.3 Å². The van der Waals surface area contributed by atoms with E-state index in [1.165, 1.54) is 0 Å². The Bertz CT molecular complexity index is 608. The summed E-state index contributed by atoms with van der Waals surface area (Å²) in [5, 5.41) is 4.01. The lowest BCUT2D eigenvalue weighted by Gasteiger charge is -2.50. The van der Waals surface area contributed by atoms with Gasteiger partial charge in [-0.2, -0.15) is 0 Å². The van der Waals surface area contributed by atoms with E-state index >= 15 is 0 Å². The summed E-state index contributed by atoms with van der Waals surface area (Å²) in [5.41, 5.74) is 9.13. The van der Waals surface area contributed by atoms with Crippen LogP contribution >= 0.6 is 0 Å². The van der Waals surface area contributed by atoms with Gasteiger partial charge in [-0.05, 0) is 41.8 Å². The molecule has 0 radical (unpaired) electrons. The fourth-order valence-electron chi connectivity index (χ4n) is 2.53. The van der Waals surface area contributed by atoms with Crippen LogP contribution in [0.15, 0.2) is 17.8 Å². The normalized spacial score (nSPS) is 26.7. The summed E-state index contributed by atoms with van der Waals surface area (Å²) < 4.78 is 25.4. The van der Waals surface area contributed by atoms with Crippen LogP contribution in [0.2, 0.25) is 36.3 Å². The zero-order chi connectivity index (χ0) is 22.7. The summed E-state index contributed by atoms with van der Waals surface area (Å²) in [6.45, 7) is 26.2. The Morgan fingerprint density at radius 1 is 1.03 bits per heavy atom. The molecule has 0 N–H and O–H groups in total. The minimum atomic E-state index is -2.17. The molecule has 0 bridgehead atoms. The van der Waals surface area contributed by atoms with Gasteiger partial charge in [0.1, 0.15) is 6.10 Å². The van der Waals surface area contributed by atoms with Crippen molar-refractivity contribution in [2.24, 2.45) is 5.11 Å². The van der Waals surface area contributed by atoms with Gasteiger partial charge in [0.2, 0.25) is 0 Å². The SMILES string of the molecule is C=CCO[C@H]1OC[C@H](N=[N+]=[N-])[C@H](O[Si](C)(C)C(C)(C)C)[C@H]1O[Si](C)(C)C(C)(C)C. The third-order valence-corrected chi connectivity index (χ3v) is 15.4. The van der Waals surface area contributed by atoms with E-state index in [1.807, 2.05) is 0 Å². The molecular weight excluding hydrogens is 402 g/mol. The van der Waals surface area contributed by atoms with Crippen LogP contribution in [0.4, 0.5) is 0 Å². The highest BCUT2D eigenvalue weighted by Gasteiger charge is 2.51. The first-order chi connectivity index (χ1) is 13.1. The summed E-state index contributed by atoms with van der Waals surface area (Å²) in [4.78, 5) is 3.05. The van der Waals surface area contributed by atoms with Gasteiger partial charge in [-0.1, -0.05) is 52.7 Å². The summed E-state index contributed by atoms with van der Waals surface area (Å²) in [7, 11) is -4.34. The molecule has 29 heavy (non-hydrogen) atoms. The minimum Gasteiger partial charge on any atom is -0.411 e. The fraction of sp³-hybridized carbons (Fsp3) is 0.900. The van der Waals surface area contributed by atoms with Crippen molar-refractivity contribution in [3.05, 3.63) is 23.1 Å². The average molecular weight is 444 g/mol. The van der Waals surface area contributed by atoms with Crippen molar-refractivity contribution in [1.29, 1.82) is 0 Å². The first-order valence-electron chi connectivity index (χ1n) is 10.3. The third kappa shape index (κ3) is 6.65. The molecule has 4 atom stereocenters. The smallest absolute Gasteiger partial charge is 0.192 e. The average Bonchev–Trinajstić information content (AvgIpc) is 2.54. The van der Waals surface area contributed by atoms with E-state index in [0.29, 0.717) is 6.61 Å². The van der Waals surface area contributed by atoms with Crippen LogP contribution in [0, 0.1) is 0 Å². The number of ether oxygens (including phenoxy) is 2. The van der Waals surface area contributed by atoms with Crippen molar-refractivity contribution < 1.29 is 18.3 Å². The highest BCUT2D eigenvalue weighted by atomic mass is 28.4. The molecule has 1 aliphatic rings. The standard InChI is InChI=1S/C20H41N3O4Si2/c1-12-13-24-18-17(27-29(10,11)20(5,6)7)16(15(14-25-18)22-23-21)26-28(8,9)19(2,3)4/h12,15-18H,1,13-14H2,2-11H3/t15-,16-,17+,18-/m0/s1. The summed E-state index contributed by atoms with van der Waals surface area (Å²) in [6, 6.07) is -0.465. The molecule has 0 unspecified atom stereocenters. The Morgan fingerprint density at radius 2 is 1.52 bits per heavy atom. The maximum Gasteiger partial charge on any atom is 0.192 e. The van der Waals surface area contributed by atoms with E-state index in [9.17, 15) is 0 Å².